The van der Waals surface area contributed by atoms with Gasteiger partial charge in [-0.05, 0) is 31.0 Å². The van der Waals surface area contributed by atoms with Crippen LogP contribution in [0.15, 0.2) is 30.3 Å². The van der Waals surface area contributed by atoms with Crippen LogP contribution in [0.3, 0.4) is 0 Å². The van der Waals surface area contributed by atoms with E-state index in [1.54, 1.807) is 24.3 Å². The highest BCUT2D eigenvalue weighted by atomic mass is 19.1. The molecule has 0 unspecified atom stereocenters. The van der Waals surface area contributed by atoms with Crippen LogP contribution in [-0.4, -0.2) is 7.11 Å². The molecule has 0 aliphatic heterocycles. The van der Waals surface area contributed by atoms with Crippen molar-refractivity contribution in [2.75, 3.05) is 12.8 Å². The van der Waals surface area contributed by atoms with Gasteiger partial charge in [0.15, 0.2) is 11.6 Å². The molecule has 2 aromatic carbocycles. The number of hydrogen-bond acceptors (Lipinski definition) is 3. The number of aryl methyl sites for hydroxylation is 2. The van der Waals surface area contributed by atoms with Crippen molar-refractivity contribution in [3.05, 3.63) is 52.8 Å². The quantitative estimate of drug-likeness (QED) is 0.867. The minimum Gasteiger partial charge on any atom is -0.494 e. The van der Waals surface area contributed by atoms with Crippen LogP contribution in [-0.2, 0) is 6.61 Å². The molecule has 3 nitrogen and oxygen atoms in total. The van der Waals surface area contributed by atoms with Gasteiger partial charge in [-0.25, -0.2) is 4.39 Å². The third-order valence-corrected chi connectivity index (χ3v) is 3.21. The predicted octanol–water partition coefficient (Wildman–Crippen LogP) is 3.61. The van der Waals surface area contributed by atoms with Gasteiger partial charge in [-0.1, -0.05) is 18.2 Å². The summed E-state index contributed by atoms with van der Waals surface area (Å²) in [5, 5.41) is 0. The van der Waals surface area contributed by atoms with Crippen LogP contribution in [0, 0.1) is 19.7 Å². The Kier molecular flexibility index (Phi) is 4.13. The van der Waals surface area contributed by atoms with Crippen LogP contribution in [0.25, 0.3) is 0 Å². The van der Waals surface area contributed by atoms with Crippen molar-refractivity contribution >= 4 is 5.69 Å². The Morgan fingerprint density at radius 3 is 2.55 bits per heavy atom. The van der Waals surface area contributed by atoms with Crippen LogP contribution >= 0.6 is 0 Å². The minimum atomic E-state index is -0.396. The van der Waals surface area contributed by atoms with Gasteiger partial charge in [-0.3, -0.25) is 0 Å². The Bertz CT molecular complexity index is 626. The Labute approximate surface area is 118 Å². The molecule has 4 heteroatoms. The maximum absolute atomic E-state index is 14.0. The van der Waals surface area contributed by atoms with Crippen LogP contribution < -0.4 is 15.2 Å². The SMILES string of the molecule is COc1cccc(COc2cc(N)c(C)cc2C)c1F. The fourth-order valence-corrected chi connectivity index (χ4v) is 1.98. The van der Waals surface area contributed by atoms with Crippen molar-refractivity contribution in [2.24, 2.45) is 0 Å². The molecule has 0 bridgehead atoms. The van der Waals surface area contributed by atoms with Crippen LogP contribution in [0.4, 0.5) is 10.1 Å². The van der Waals surface area contributed by atoms with Gasteiger partial charge >= 0.3 is 0 Å². The van der Waals surface area contributed by atoms with Gasteiger partial charge in [-0.2, -0.15) is 0 Å². The lowest BCUT2D eigenvalue weighted by Crippen LogP contribution is -2.02. The summed E-state index contributed by atoms with van der Waals surface area (Å²) < 4.78 is 24.6. The lowest BCUT2D eigenvalue weighted by Gasteiger charge is -2.13. The summed E-state index contributed by atoms with van der Waals surface area (Å²) in [5.74, 6) is 0.481. The Morgan fingerprint density at radius 2 is 1.85 bits per heavy atom. The zero-order chi connectivity index (χ0) is 14.7. The first-order valence-electron chi connectivity index (χ1n) is 6.34. The van der Waals surface area contributed by atoms with Crippen molar-refractivity contribution < 1.29 is 13.9 Å². The van der Waals surface area contributed by atoms with E-state index in [0.29, 0.717) is 17.0 Å². The van der Waals surface area contributed by atoms with E-state index in [1.165, 1.54) is 7.11 Å². The van der Waals surface area contributed by atoms with Gasteiger partial charge < -0.3 is 15.2 Å². The molecule has 0 spiro atoms. The second kappa shape index (κ2) is 5.82. The summed E-state index contributed by atoms with van der Waals surface area (Å²) >= 11 is 0. The summed E-state index contributed by atoms with van der Waals surface area (Å²) in [7, 11) is 1.44. The number of hydrogen-bond donors (Lipinski definition) is 1. The van der Waals surface area contributed by atoms with E-state index in [2.05, 4.69) is 0 Å². The number of ether oxygens (including phenoxy) is 2. The van der Waals surface area contributed by atoms with E-state index in [9.17, 15) is 4.39 Å². The highest BCUT2D eigenvalue weighted by Gasteiger charge is 2.10. The molecule has 0 heterocycles. The second-order valence-corrected chi connectivity index (χ2v) is 4.70. The molecule has 20 heavy (non-hydrogen) atoms. The van der Waals surface area contributed by atoms with Crippen molar-refractivity contribution in [2.45, 2.75) is 20.5 Å². The Morgan fingerprint density at radius 1 is 1.10 bits per heavy atom. The summed E-state index contributed by atoms with van der Waals surface area (Å²) in [4.78, 5) is 0. The van der Waals surface area contributed by atoms with Crippen molar-refractivity contribution in [3.8, 4) is 11.5 Å². The zero-order valence-corrected chi connectivity index (χ0v) is 11.9. The minimum absolute atomic E-state index is 0.131. The van der Waals surface area contributed by atoms with E-state index in [4.69, 9.17) is 15.2 Å². The number of anilines is 1. The first kappa shape index (κ1) is 14.2. The van der Waals surface area contributed by atoms with E-state index >= 15 is 0 Å². The van der Waals surface area contributed by atoms with E-state index in [1.807, 2.05) is 19.9 Å². The molecule has 0 radical (unpaired) electrons. The van der Waals surface area contributed by atoms with Crippen LogP contribution in [0.5, 0.6) is 11.5 Å². The van der Waals surface area contributed by atoms with Crippen LogP contribution in [0.2, 0.25) is 0 Å². The third kappa shape index (κ3) is 2.85. The van der Waals surface area contributed by atoms with Gasteiger partial charge in [-0.15, -0.1) is 0 Å². The first-order valence-corrected chi connectivity index (χ1v) is 6.34. The van der Waals surface area contributed by atoms with Crippen molar-refractivity contribution in [1.82, 2.24) is 0 Å². The lowest BCUT2D eigenvalue weighted by atomic mass is 10.1. The molecule has 2 aromatic rings. The molecular weight excluding hydrogens is 257 g/mol. The number of rotatable bonds is 4. The number of nitrogens with two attached hydrogens (primary N) is 1. The van der Waals surface area contributed by atoms with Crippen LogP contribution in [0.1, 0.15) is 16.7 Å². The molecule has 2 N–H and O–H groups in total. The zero-order valence-electron chi connectivity index (χ0n) is 11.9. The lowest BCUT2D eigenvalue weighted by molar-refractivity contribution is 0.294. The fraction of sp³-hybridized carbons (Fsp3) is 0.250. The average molecular weight is 275 g/mol. The number of methoxy groups -OCH3 is 1. The van der Waals surface area contributed by atoms with E-state index in [-0.39, 0.29) is 12.4 Å². The molecule has 0 aliphatic rings. The highest BCUT2D eigenvalue weighted by molar-refractivity contribution is 5.54. The van der Waals surface area contributed by atoms with Gasteiger partial charge in [0.25, 0.3) is 0 Å². The van der Waals surface area contributed by atoms with Crippen molar-refractivity contribution in [3.63, 3.8) is 0 Å². The summed E-state index contributed by atoms with van der Waals surface area (Å²) in [6.45, 7) is 4.00. The normalized spacial score (nSPS) is 10.4. The molecule has 0 atom stereocenters. The molecule has 2 rings (SSSR count). The largest absolute Gasteiger partial charge is 0.494 e. The smallest absolute Gasteiger partial charge is 0.171 e. The monoisotopic (exact) mass is 275 g/mol. The van der Waals surface area contributed by atoms with Gasteiger partial charge in [0.1, 0.15) is 12.4 Å². The summed E-state index contributed by atoms with van der Waals surface area (Å²) in [6.07, 6.45) is 0. The first-order chi connectivity index (χ1) is 9.52. The molecule has 0 saturated heterocycles. The van der Waals surface area contributed by atoms with E-state index < -0.39 is 5.82 Å². The molecule has 0 aliphatic carbocycles. The fourth-order valence-electron chi connectivity index (χ4n) is 1.98. The molecule has 0 aromatic heterocycles. The summed E-state index contributed by atoms with van der Waals surface area (Å²) in [6, 6.07) is 8.70. The predicted molar refractivity (Wildman–Crippen MR) is 77.6 cm³/mol. The highest BCUT2D eigenvalue weighted by Crippen LogP contribution is 2.26. The Hall–Kier alpha value is -2.23. The molecular formula is C16H18FNO2. The second-order valence-electron chi connectivity index (χ2n) is 4.70. The van der Waals surface area contributed by atoms with Crippen molar-refractivity contribution in [1.29, 1.82) is 0 Å². The third-order valence-electron chi connectivity index (χ3n) is 3.21. The topological polar surface area (TPSA) is 44.5 Å². The number of nitrogen functional groups attached to an aromatic ring is 1. The molecule has 106 valence electrons. The Balaban J connectivity index is 2.19. The van der Waals surface area contributed by atoms with Gasteiger partial charge in [0, 0.05) is 17.3 Å². The summed E-state index contributed by atoms with van der Waals surface area (Å²) in [5.41, 5.74) is 8.95. The number of benzene rings is 2. The molecule has 0 fully saturated rings. The van der Waals surface area contributed by atoms with Gasteiger partial charge in [0.2, 0.25) is 0 Å². The average Bonchev–Trinajstić information content (AvgIpc) is 2.43. The van der Waals surface area contributed by atoms with Gasteiger partial charge in [0.05, 0.1) is 7.11 Å². The maximum atomic E-state index is 14.0. The molecule has 0 saturated carbocycles. The van der Waals surface area contributed by atoms with E-state index in [0.717, 1.165) is 11.1 Å². The standard InChI is InChI=1S/C16H18FNO2/c1-10-7-11(2)15(8-13(10)18)20-9-12-5-4-6-14(19-3)16(12)17/h4-8H,9,18H2,1-3H3. The number of halogens is 1. The maximum Gasteiger partial charge on any atom is 0.171 e. The molecule has 0 amide bonds.